The van der Waals surface area contributed by atoms with Crippen LogP contribution in [0.3, 0.4) is 0 Å². The second kappa shape index (κ2) is 5.23. The Bertz CT molecular complexity index is 484. The van der Waals surface area contributed by atoms with Crippen LogP contribution < -0.4 is 5.32 Å². The van der Waals surface area contributed by atoms with Gasteiger partial charge < -0.3 is 9.73 Å². The van der Waals surface area contributed by atoms with Crippen molar-refractivity contribution in [3.8, 4) is 0 Å². The van der Waals surface area contributed by atoms with E-state index in [1.165, 1.54) is 12.1 Å². The van der Waals surface area contributed by atoms with Crippen LogP contribution >= 0.6 is 11.6 Å². The molecule has 90 valence electrons. The zero-order valence-electron chi connectivity index (χ0n) is 9.41. The zero-order chi connectivity index (χ0) is 12.3. The molecule has 1 unspecified atom stereocenters. The van der Waals surface area contributed by atoms with E-state index in [-0.39, 0.29) is 11.9 Å². The largest absolute Gasteiger partial charge is 0.469 e. The van der Waals surface area contributed by atoms with Crippen LogP contribution in [0.25, 0.3) is 0 Å². The van der Waals surface area contributed by atoms with Gasteiger partial charge in [0.2, 0.25) is 0 Å². The molecule has 17 heavy (non-hydrogen) atoms. The van der Waals surface area contributed by atoms with Crippen molar-refractivity contribution in [3.05, 3.63) is 53.2 Å². The predicted octanol–water partition coefficient (Wildman–Crippen LogP) is 4.12. The number of halogens is 2. The summed E-state index contributed by atoms with van der Waals surface area (Å²) in [5, 5.41) is 3.67. The maximum absolute atomic E-state index is 13.1. The van der Waals surface area contributed by atoms with Gasteiger partial charge in [-0.3, -0.25) is 0 Å². The van der Waals surface area contributed by atoms with E-state index in [0.29, 0.717) is 10.7 Å². The first kappa shape index (κ1) is 12.0. The lowest BCUT2D eigenvalue weighted by atomic mass is 10.2. The smallest absolute Gasteiger partial charge is 0.125 e. The summed E-state index contributed by atoms with van der Waals surface area (Å²) in [6.45, 7) is 1.99. The Kier molecular flexibility index (Phi) is 3.69. The maximum atomic E-state index is 13.1. The molecule has 1 aromatic carbocycles. The number of furan rings is 1. The molecule has 0 aliphatic heterocycles. The van der Waals surface area contributed by atoms with Crippen LogP contribution in [-0.4, -0.2) is 6.04 Å². The molecule has 2 aromatic rings. The summed E-state index contributed by atoms with van der Waals surface area (Å²) in [4.78, 5) is 0. The summed E-state index contributed by atoms with van der Waals surface area (Å²) in [5.41, 5.74) is 0.603. The number of benzene rings is 1. The van der Waals surface area contributed by atoms with Crippen molar-refractivity contribution < 1.29 is 8.81 Å². The Balaban J connectivity index is 2.02. The Morgan fingerprint density at radius 2 is 2.24 bits per heavy atom. The molecule has 0 aliphatic rings. The normalized spacial score (nSPS) is 12.4. The third-order valence-electron chi connectivity index (χ3n) is 2.42. The quantitative estimate of drug-likeness (QED) is 0.887. The van der Waals surface area contributed by atoms with E-state index in [9.17, 15) is 4.39 Å². The van der Waals surface area contributed by atoms with Crippen LogP contribution in [0.2, 0.25) is 5.02 Å². The highest BCUT2D eigenvalue weighted by atomic mass is 35.5. The average Bonchev–Trinajstić information content (AvgIpc) is 2.76. The van der Waals surface area contributed by atoms with Crippen LogP contribution in [0, 0.1) is 5.82 Å². The van der Waals surface area contributed by atoms with E-state index >= 15 is 0 Å². The average molecular weight is 254 g/mol. The molecule has 2 nitrogen and oxygen atoms in total. The Morgan fingerprint density at radius 3 is 2.94 bits per heavy atom. The molecular weight excluding hydrogens is 241 g/mol. The second-order valence-electron chi connectivity index (χ2n) is 3.95. The van der Waals surface area contributed by atoms with Crippen molar-refractivity contribution in [2.24, 2.45) is 0 Å². The van der Waals surface area contributed by atoms with Crippen molar-refractivity contribution >= 4 is 17.3 Å². The Hall–Kier alpha value is -1.48. The molecule has 0 saturated carbocycles. The molecule has 1 atom stereocenters. The van der Waals surface area contributed by atoms with E-state index in [0.717, 1.165) is 12.2 Å². The van der Waals surface area contributed by atoms with Crippen molar-refractivity contribution in [1.29, 1.82) is 0 Å². The molecule has 0 saturated heterocycles. The lowest BCUT2D eigenvalue weighted by molar-refractivity contribution is 0.497. The summed E-state index contributed by atoms with van der Waals surface area (Å²) in [7, 11) is 0. The number of hydrogen-bond acceptors (Lipinski definition) is 2. The van der Waals surface area contributed by atoms with Gasteiger partial charge in [-0.25, -0.2) is 4.39 Å². The third-order valence-corrected chi connectivity index (χ3v) is 2.75. The van der Waals surface area contributed by atoms with Gasteiger partial charge in [0.1, 0.15) is 11.6 Å². The lowest BCUT2D eigenvalue weighted by Crippen LogP contribution is -2.18. The van der Waals surface area contributed by atoms with E-state index in [1.54, 1.807) is 12.3 Å². The summed E-state index contributed by atoms with van der Waals surface area (Å²) in [6, 6.07) is 8.13. The molecule has 1 heterocycles. The number of nitrogens with one attached hydrogen (secondary N) is 1. The molecule has 1 N–H and O–H groups in total. The number of hydrogen-bond donors (Lipinski definition) is 1. The monoisotopic (exact) mass is 253 g/mol. The van der Waals surface area contributed by atoms with Crippen LogP contribution in [0.1, 0.15) is 12.7 Å². The summed E-state index contributed by atoms with van der Waals surface area (Å²) >= 11 is 5.97. The van der Waals surface area contributed by atoms with Crippen molar-refractivity contribution in [3.63, 3.8) is 0 Å². The second-order valence-corrected chi connectivity index (χ2v) is 4.36. The molecule has 0 aliphatic carbocycles. The van der Waals surface area contributed by atoms with Gasteiger partial charge in [0.25, 0.3) is 0 Å². The molecule has 2 rings (SSSR count). The van der Waals surface area contributed by atoms with Crippen molar-refractivity contribution in [2.45, 2.75) is 19.4 Å². The number of anilines is 1. The Morgan fingerprint density at radius 1 is 1.41 bits per heavy atom. The van der Waals surface area contributed by atoms with Gasteiger partial charge in [0.05, 0.1) is 17.0 Å². The third kappa shape index (κ3) is 3.24. The van der Waals surface area contributed by atoms with Gasteiger partial charge in [-0.1, -0.05) is 11.6 Å². The molecule has 1 aromatic heterocycles. The van der Waals surface area contributed by atoms with Crippen molar-refractivity contribution in [2.75, 3.05) is 5.32 Å². The fourth-order valence-corrected chi connectivity index (χ4v) is 1.83. The molecule has 0 radical (unpaired) electrons. The molecule has 0 bridgehead atoms. The van der Waals surface area contributed by atoms with E-state index in [4.69, 9.17) is 16.0 Å². The van der Waals surface area contributed by atoms with E-state index in [2.05, 4.69) is 5.32 Å². The van der Waals surface area contributed by atoms with Crippen molar-refractivity contribution in [1.82, 2.24) is 0 Å². The van der Waals surface area contributed by atoms with Crippen LogP contribution in [0.15, 0.2) is 41.0 Å². The number of rotatable bonds is 4. The van der Waals surface area contributed by atoms with Gasteiger partial charge in [-0.05, 0) is 37.3 Å². The first-order valence-electron chi connectivity index (χ1n) is 5.39. The van der Waals surface area contributed by atoms with Gasteiger partial charge in [-0.2, -0.15) is 0 Å². The summed E-state index contributed by atoms with van der Waals surface area (Å²) in [6.07, 6.45) is 2.36. The molecule has 0 spiro atoms. The zero-order valence-corrected chi connectivity index (χ0v) is 10.2. The summed E-state index contributed by atoms with van der Waals surface area (Å²) < 4.78 is 18.3. The van der Waals surface area contributed by atoms with Crippen LogP contribution in [0.5, 0.6) is 0 Å². The van der Waals surface area contributed by atoms with E-state index < -0.39 is 0 Å². The molecule has 4 heteroatoms. The molecular formula is C13H13ClFNO. The minimum Gasteiger partial charge on any atom is -0.469 e. The first-order chi connectivity index (χ1) is 8.15. The van der Waals surface area contributed by atoms with Gasteiger partial charge in [0.15, 0.2) is 0 Å². The fraction of sp³-hybridized carbons (Fsp3) is 0.231. The predicted molar refractivity (Wildman–Crippen MR) is 66.9 cm³/mol. The maximum Gasteiger partial charge on any atom is 0.125 e. The van der Waals surface area contributed by atoms with E-state index in [1.807, 2.05) is 19.1 Å². The standard InChI is InChI=1S/C13H13ClFNO/c1-9(7-11-3-2-6-17-11)16-13-8-10(15)4-5-12(13)14/h2-6,8-9,16H,7H2,1H3. The minimum atomic E-state index is -0.304. The topological polar surface area (TPSA) is 25.2 Å². The Labute approximate surface area is 104 Å². The first-order valence-corrected chi connectivity index (χ1v) is 5.77. The van der Waals surface area contributed by atoms with Gasteiger partial charge in [0, 0.05) is 12.5 Å². The summed E-state index contributed by atoms with van der Waals surface area (Å²) in [5.74, 6) is 0.583. The van der Waals surface area contributed by atoms with Gasteiger partial charge in [-0.15, -0.1) is 0 Å². The highest BCUT2D eigenvalue weighted by Gasteiger charge is 2.08. The van der Waals surface area contributed by atoms with Crippen LogP contribution in [-0.2, 0) is 6.42 Å². The fourth-order valence-electron chi connectivity index (χ4n) is 1.66. The highest BCUT2D eigenvalue weighted by Crippen LogP contribution is 2.23. The lowest BCUT2D eigenvalue weighted by Gasteiger charge is -2.15. The van der Waals surface area contributed by atoms with Crippen LogP contribution in [0.4, 0.5) is 10.1 Å². The molecule has 0 amide bonds. The minimum absolute atomic E-state index is 0.112. The van der Waals surface area contributed by atoms with Gasteiger partial charge >= 0.3 is 0 Å². The SMILES string of the molecule is CC(Cc1ccco1)Nc1cc(F)ccc1Cl. The molecule has 0 fully saturated rings. The highest BCUT2D eigenvalue weighted by molar-refractivity contribution is 6.33.